The Kier molecular flexibility index (Phi) is 15.6. The van der Waals surface area contributed by atoms with E-state index in [4.69, 9.17) is 16.6 Å². The van der Waals surface area contributed by atoms with Gasteiger partial charge in [-0.1, -0.05) is 60.7 Å². The Balaban J connectivity index is 1.88. The van der Waals surface area contributed by atoms with Gasteiger partial charge in [-0.05, 0) is 36.9 Å². The molecule has 0 saturated carbocycles. The number of H-pyrrole nitrogens is 1. The van der Waals surface area contributed by atoms with Crippen LogP contribution in [0.2, 0.25) is 0 Å². The van der Waals surface area contributed by atoms with Crippen LogP contribution in [0.3, 0.4) is 0 Å². The van der Waals surface area contributed by atoms with Crippen molar-refractivity contribution in [3.63, 3.8) is 0 Å². The van der Waals surface area contributed by atoms with Crippen LogP contribution < -0.4 is 32.7 Å². The first-order chi connectivity index (χ1) is 24.0. The molecule has 3 aromatic rings. The number of aromatic amines is 1. The minimum absolute atomic E-state index is 0.0104. The van der Waals surface area contributed by atoms with Crippen molar-refractivity contribution < 1.29 is 39.0 Å². The molecule has 0 aliphatic heterocycles. The van der Waals surface area contributed by atoms with Crippen molar-refractivity contribution in [2.75, 3.05) is 6.54 Å². The average Bonchev–Trinajstić information content (AvgIpc) is 3.60. The molecule has 0 aliphatic rings. The highest BCUT2D eigenvalue weighted by Crippen LogP contribution is 2.10. The number of aromatic nitrogens is 2. The Morgan fingerprint density at radius 1 is 0.680 bits per heavy atom. The second kappa shape index (κ2) is 20.0. The number of imidazole rings is 1. The van der Waals surface area contributed by atoms with E-state index in [1.54, 1.807) is 60.7 Å². The molecule has 16 nitrogen and oxygen atoms in total. The van der Waals surface area contributed by atoms with Crippen molar-refractivity contribution in [1.29, 1.82) is 0 Å². The van der Waals surface area contributed by atoms with Gasteiger partial charge in [-0.25, -0.2) is 9.78 Å². The number of nitrogens with zero attached hydrogens (tertiary/aromatic N) is 1. The van der Waals surface area contributed by atoms with Crippen LogP contribution in [-0.4, -0.2) is 92.5 Å². The summed E-state index contributed by atoms with van der Waals surface area (Å²) < 4.78 is 0. The third-order valence-corrected chi connectivity index (χ3v) is 7.74. The van der Waals surface area contributed by atoms with Crippen LogP contribution in [0.5, 0.6) is 0 Å². The zero-order valence-electron chi connectivity index (χ0n) is 27.4. The van der Waals surface area contributed by atoms with Crippen molar-refractivity contribution in [3.8, 4) is 0 Å². The second-order valence-corrected chi connectivity index (χ2v) is 11.7. The molecule has 16 heteroatoms. The van der Waals surface area contributed by atoms with E-state index in [0.717, 1.165) is 0 Å². The fraction of sp³-hybridized carbons (Fsp3) is 0.382. The molecule has 5 atom stereocenters. The highest BCUT2D eigenvalue weighted by atomic mass is 16.4. The predicted octanol–water partition coefficient (Wildman–Crippen LogP) is -0.608. The number of carboxylic acids is 2. The van der Waals surface area contributed by atoms with Crippen LogP contribution >= 0.6 is 0 Å². The normalized spacial score (nSPS) is 13.9. The van der Waals surface area contributed by atoms with Crippen LogP contribution in [0.4, 0.5) is 0 Å². The molecule has 11 N–H and O–H groups in total. The van der Waals surface area contributed by atoms with Gasteiger partial charge < -0.3 is 47.9 Å². The first-order valence-corrected chi connectivity index (χ1v) is 16.1. The number of carbonyl (C=O) groups is 6. The number of benzene rings is 2. The zero-order chi connectivity index (χ0) is 36.5. The number of hydrogen-bond donors (Lipinski definition) is 9. The molecule has 1 aromatic heterocycles. The summed E-state index contributed by atoms with van der Waals surface area (Å²) in [5, 5.41) is 29.2. The number of aliphatic carboxylic acids is 2. The van der Waals surface area contributed by atoms with Gasteiger partial charge in [-0.3, -0.25) is 24.0 Å². The number of unbranched alkanes of at least 4 members (excludes halogenated alkanes) is 1. The second-order valence-electron chi connectivity index (χ2n) is 11.7. The third-order valence-electron chi connectivity index (χ3n) is 7.74. The maximum Gasteiger partial charge on any atom is 0.326 e. The van der Waals surface area contributed by atoms with Gasteiger partial charge in [0.1, 0.15) is 24.2 Å². The predicted molar refractivity (Wildman–Crippen MR) is 181 cm³/mol. The van der Waals surface area contributed by atoms with Gasteiger partial charge >= 0.3 is 11.9 Å². The number of nitrogens with one attached hydrogen (secondary N) is 5. The van der Waals surface area contributed by atoms with Gasteiger partial charge in [-0.15, -0.1) is 0 Å². The number of rotatable bonds is 21. The number of carboxylic acid groups (broad SMARTS) is 2. The van der Waals surface area contributed by atoms with E-state index in [2.05, 4.69) is 31.2 Å². The summed E-state index contributed by atoms with van der Waals surface area (Å²) in [5.41, 5.74) is 13.1. The third kappa shape index (κ3) is 13.1. The van der Waals surface area contributed by atoms with Gasteiger partial charge in [0.15, 0.2) is 0 Å². The van der Waals surface area contributed by atoms with Crippen LogP contribution in [-0.2, 0) is 48.0 Å². The molecule has 2 aromatic carbocycles. The fourth-order valence-corrected chi connectivity index (χ4v) is 5.07. The molecule has 0 bridgehead atoms. The van der Waals surface area contributed by atoms with Crippen LogP contribution in [0.25, 0.3) is 0 Å². The first kappa shape index (κ1) is 38.8. The van der Waals surface area contributed by atoms with Crippen LogP contribution in [0.15, 0.2) is 73.2 Å². The van der Waals surface area contributed by atoms with Gasteiger partial charge in [0.2, 0.25) is 23.6 Å². The monoisotopic (exact) mass is 692 g/mol. The summed E-state index contributed by atoms with van der Waals surface area (Å²) in [5.74, 6) is -5.70. The molecule has 0 spiro atoms. The summed E-state index contributed by atoms with van der Waals surface area (Å²) in [6.07, 6.45) is 3.22. The van der Waals surface area contributed by atoms with Crippen LogP contribution in [0.1, 0.15) is 42.5 Å². The minimum atomic E-state index is -1.44. The SMILES string of the molecule is NCCCC[C@H](NC(=O)[C@H](Cc1cnc[nH]1)NC(=O)[C@H](Cc1ccccc1)NC(=O)[C@H](Cc1ccccc1)NC(=O)[C@@H](N)CC(=O)O)C(=O)O. The average molecular weight is 693 g/mol. The Morgan fingerprint density at radius 3 is 1.60 bits per heavy atom. The summed E-state index contributed by atoms with van der Waals surface area (Å²) in [7, 11) is 0. The van der Waals surface area contributed by atoms with Gasteiger partial charge in [0.25, 0.3) is 0 Å². The van der Waals surface area contributed by atoms with E-state index in [1.807, 2.05) is 0 Å². The van der Waals surface area contributed by atoms with E-state index in [-0.39, 0.29) is 25.7 Å². The lowest BCUT2D eigenvalue weighted by molar-refractivity contribution is -0.142. The van der Waals surface area contributed by atoms with Gasteiger partial charge in [0, 0.05) is 31.2 Å². The molecule has 3 rings (SSSR count). The lowest BCUT2D eigenvalue weighted by Gasteiger charge is -2.26. The van der Waals surface area contributed by atoms with E-state index in [9.17, 15) is 33.9 Å². The number of nitrogens with two attached hydrogens (primary N) is 2. The molecule has 0 unspecified atom stereocenters. The highest BCUT2D eigenvalue weighted by molar-refractivity contribution is 5.96. The van der Waals surface area contributed by atoms with Gasteiger partial charge in [0.05, 0.1) is 18.8 Å². The zero-order valence-corrected chi connectivity index (χ0v) is 27.4. The molecular weight excluding hydrogens is 648 g/mol. The topological polar surface area (TPSA) is 272 Å². The number of hydrogen-bond acceptors (Lipinski definition) is 9. The Hall–Kier alpha value is -5.61. The summed E-state index contributed by atoms with van der Waals surface area (Å²) in [4.78, 5) is 84.0. The number of carbonyl (C=O) groups excluding carboxylic acids is 4. The Labute approximate surface area is 288 Å². The molecule has 4 amide bonds. The molecule has 0 saturated heterocycles. The van der Waals surface area contributed by atoms with Crippen molar-refractivity contribution in [3.05, 3.63) is 90.0 Å². The van der Waals surface area contributed by atoms with Gasteiger partial charge in [-0.2, -0.15) is 0 Å². The van der Waals surface area contributed by atoms with E-state index < -0.39 is 72.2 Å². The quantitative estimate of drug-likeness (QED) is 0.0636. The fourth-order valence-electron chi connectivity index (χ4n) is 5.07. The van der Waals surface area contributed by atoms with Crippen molar-refractivity contribution in [2.24, 2.45) is 11.5 Å². The Morgan fingerprint density at radius 2 is 1.16 bits per heavy atom. The lowest BCUT2D eigenvalue weighted by Crippen LogP contribution is -2.59. The summed E-state index contributed by atoms with van der Waals surface area (Å²) in [6, 6.07) is 11.0. The maximum absolute atomic E-state index is 14.0. The van der Waals surface area contributed by atoms with Crippen molar-refractivity contribution >= 4 is 35.6 Å². The smallest absolute Gasteiger partial charge is 0.326 e. The first-order valence-electron chi connectivity index (χ1n) is 16.1. The minimum Gasteiger partial charge on any atom is -0.481 e. The van der Waals surface area contributed by atoms with E-state index in [0.29, 0.717) is 36.2 Å². The molecule has 0 fully saturated rings. The molecule has 0 aliphatic carbocycles. The Bertz CT molecular complexity index is 1560. The molecule has 1 heterocycles. The van der Waals surface area contributed by atoms with Crippen LogP contribution in [0, 0.1) is 0 Å². The van der Waals surface area contributed by atoms with E-state index >= 15 is 0 Å². The summed E-state index contributed by atoms with van der Waals surface area (Å²) >= 11 is 0. The lowest BCUT2D eigenvalue weighted by atomic mass is 10.0. The standard InChI is InChI=1S/C34H44N8O8/c35-14-8-7-13-25(34(49)50)39-33(48)28(17-23-19-37-20-38-23)42-32(47)27(16-22-11-5-2-6-12-22)41-31(46)26(15-21-9-3-1-4-10-21)40-30(45)24(36)18-29(43)44/h1-6,9-12,19-20,24-28H,7-8,13-18,35-36H2,(H,37,38)(H,39,48)(H,40,45)(H,41,46)(H,42,47)(H,43,44)(H,49,50)/t24-,25-,26-,27-,28-/m0/s1. The highest BCUT2D eigenvalue weighted by Gasteiger charge is 2.32. The molecule has 50 heavy (non-hydrogen) atoms. The molecular formula is C34H44N8O8. The summed E-state index contributed by atoms with van der Waals surface area (Å²) in [6.45, 7) is 0.359. The molecule has 0 radical (unpaired) electrons. The largest absolute Gasteiger partial charge is 0.481 e. The van der Waals surface area contributed by atoms with Crippen molar-refractivity contribution in [1.82, 2.24) is 31.2 Å². The van der Waals surface area contributed by atoms with E-state index in [1.165, 1.54) is 12.5 Å². The van der Waals surface area contributed by atoms with Crippen molar-refractivity contribution in [2.45, 2.75) is 75.2 Å². The maximum atomic E-state index is 14.0. The molecule has 268 valence electrons. The number of amides is 4.